The lowest BCUT2D eigenvalue weighted by atomic mass is 10.1. The van der Waals surface area contributed by atoms with Gasteiger partial charge in [-0.3, -0.25) is 9.36 Å². The van der Waals surface area contributed by atoms with Crippen molar-refractivity contribution < 1.29 is 23.8 Å². The predicted octanol–water partition coefficient (Wildman–Crippen LogP) is 5.19. The maximum atomic E-state index is 13.5. The van der Waals surface area contributed by atoms with Gasteiger partial charge < -0.3 is 19.0 Å². The Morgan fingerprint density at radius 2 is 1.58 bits per heavy atom. The first-order chi connectivity index (χ1) is 16.8. The molecule has 0 aliphatic carbocycles. The van der Waals surface area contributed by atoms with Gasteiger partial charge in [-0.25, -0.2) is 9.59 Å². The van der Waals surface area contributed by atoms with Crippen LogP contribution >= 0.6 is 0 Å². The van der Waals surface area contributed by atoms with Crippen molar-refractivity contribution in [2.75, 3.05) is 6.61 Å². The topological polar surface area (TPSA) is 109 Å². The third kappa shape index (κ3) is 6.11. The molecule has 2 heterocycles. The second-order valence-corrected chi connectivity index (χ2v) is 25.2. The summed E-state index contributed by atoms with van der Waals surface area (Å²) in [7, 11) is -4.66. The fourth-order valence-electron chi connectivity index (χ4n) is 4.27. The summed E-state index contributed by atoms with van der Waals surface area (Å²) < 4.78 is 20.0. The first kappa shape index (κ1) is 32.7. The van der Waals surface area contributed by atoms with Crippen molar-refractivity contribution in [3.05, 3.63) is 32.6 Å². The average molecular weight is 571 g/mol. The van der Waals surface area contributed by atoms with Gasteiger partial charge in [-0.1, -0.05) is 54.6 Å². The summed E-state index contributed by atoms with van der Waals surface area (Å²) in [6.07, 6.45) is -1.07. The second kappa shape index (κ2) is 10.1. The van der Waals surface area contributed by atoms with E-state index in [0.717, 1.165) is 0 Å². The minimum atomic E-state index is -2.49. The Morgan fingerprint density at radius 1 is 1.05 bits per heavy atom. The number of hydrogen-bond donors (Lipinski definition) is 1. The Hall–Kier alpha value is -1.54. The highest BCUT2D eigenvalue weighted by atomic mass is 28.4. The first-order valence-electron chi connectivity index (χ1n) is 13.4. The quantitative estimate of drug-likeness (QED) is 0.485. The molecule has 218 valence electrons. The molecule has 3 atom stereocenters. The Balaban J connectivity index is 2.63. The average Bonchev–Trinajstić information content (AvgIpc) is 3.04. The number of carbonyl (C=O) groups excluding carboxylic acids is 1. The standard InChI is InChI=1S/C27H50N2O7Si2/c1-18-16-28(22(31)29(21(18)30)23(32)36-24(2,3)4)20-15-27(33,37(11,12)25(5,6)7)19(35-20)17-34-38(13,14)26(8,9)10/h16,19-20,33H,15,17H2,1-14H3/t19-,20-,27-/m1/s1. The van der Waals surface area contributed by atoms with E-state index in [0.29, 0.717) is 4.57 Å². The van der Waals surface area contributed by atoms with Gasteiger partial charge in [0.25, 0.3) is 5.56 Å². The number of rotatable bonds is 5. The molecular weight excluding hydrogens is 520 g/mol. The minimum Gasteiger partial charge on any atom is -0.443 e. The van der Waals surface area contributed by atoms with Crippen LogP contribution in [-0.2, 0) is 13.9 Å². The van der Waals surface area contributed by atoms with Gasteiger partial charge in [0.05, 0.1) is 19.9 Å². The minimum absolute atomic E-state index is 0.0307. The van der Waals surface area contributed by atoms with Gasteiger partial charge in [-0.15, -0.1) is 0 Å². The number of aliphatic hydroxyl groups is 1. The SMILES string of the molecule is Cc1cn([C@H]2C[C@@](O)([Si](C)(C)C(C)(C)C)[C@@H](CO[Si](C)(C)C(C)(C)C)O2)c(=O)n(C(=O)OC(C)(C)C)c1=O. The lowest BCUT2D eigenvalue weighted by Crippen LogP contribution is -2.65. The van der Waals surface area contributed by atoms with E-state index in [9.17, 15) is 19.5 Å². The number of carbonyl (C=O) groups is 1. The highest BCUT2D eigenvalue weighted by molar-refractivity contribution is 6.83. The molecule has 1 aliphatic rings. The van der Waals surface area contributed by atoms with Crippen LogP contribution in [0.2, 0.25) is 36.3 Å². The number of ether oxygens (including phenoxy) is 2. The highest BCUT2D eigenvalue weighted by Gasteiger charge is 2.62. The molecule has 0 saturated carbocycles. The summed E-state index contributed by atoms with van der Waals surface area (Å²) >= 11 is 0. The molecule has 1 aromatic heterocycles. The molecule has 0 amide bonds. The van der Waals surface area contributed by atoms with Crippen molar-refractivity contribution in [1.82, 2.24) is 9.13 Å². The van der Waals surface area contributed by atoms with Crippen LogP contribution in [-0.4, -0.2) is 60.3 Å². The van der Waals surface area contributed by atoms with Gasteiger partial charge in [0.2, 0.25) is 0 Å². The molecule has 9 nitrogen and oxygen atoms in total. The molecule has 0 bridgehead atoms. The van der Waals surface area contributed by atoms with Crippen molar-refractivity contribution >= 4 is 22.5 Å². The molecule has 11 heteroatoms. The van der Waals surface area contributed by atoms with E-state index in [1.807, 2.05) is 0 Å². The molecule has 1 fully saturated rings. The van der Waals surface area contributed by atoms with Crippen LogP contribution < -0.4 is 11.2 Å². The summed E-state index contributed by atoms with van der Waals surface area (Å²) in [5.74, 6) is 0. The fourth-order valence-corrected chi connectivity index (χ4v) is 8.21. The molecule has 0 unspecified atom stereocenters. The molecule has 1 saturated heterocycles. The van der Waals surface area contributed by atoms with Gasteiger partial charge in [0.1, 0.15) is 17.9 Å². The lowest BCUT2D eigenvalue weighted by Gasteiger charge is -2.49. The number of aromatic nitrogens is 2. The van der Waals surface area contributed by atoms with Crippen LogP contribution in [0.25, 0.3) is 0 Å². The maximum absolute atomic E-state index is 13.5. The van der Waals surface area contributed by atoms with Crippen LogP contribution in [0.1, 0.15) is 80.5 Å². The van der Waals surface area contributed by atoms with E-state index in [2.05, 4.69) is 67.7 Å². The number of nitrogens with zero attached hydrogens (tertiary/aromatic N) is 2. The first-order valence-corrected chi connectivity index (χ1v) is 19.3. The van der Waals surface area contributed by atoms with E-state index in [1.165, 1.54) is 17.7 Å². The Kier molecular flexibility index (Phi) is 8.72. The second-order valence-electron chi connectivity index (χ2n) is 14.8. The van der Waals surface area contributed by atoms with Crippen LogP contribution in [0.3, 0.4) is 0 Å². The van der Waals surface area contributed by atoms with Crippen molar-refractivity contribution in [3.8, 4) is 0 Å². The Labute approximate surface area is 229 Å². The maximum Gasteiger partial charge on any atom is 0.425 e. The summed E-state index contributed by atoms with van der Waals surface area (Å²) in [6.45, 7) is 28.1. The molecule has 1 N–H and O–H groups in total. The Bertz CT molecular complexity index is 1170. The summed E-state index contributed by atoms with van der Waals surface area (Å²) in [6, 6.07) is 0. The zero-order chi connectivity index (χ0) is 29.9. The molecule has 0 aromatic carbocycles. The number of hydrogen-bond acceptors (Lipinski definition) is 7. The molecule has 0 radical (unpaired) electrons. The van der Waals surface area contributed by atoms with Gasteiger partial charge in [-0.2, -0.15) is 4.57 Å². The normalized spacial score (nSPS) is 23.6. The van der Waals surface area contributed by atoms with Crippen molar-refractivity contribution in [2.24, 2.45) is 0 Å². The molecule has 1 aliphatic heterocycles. The van der Waals surface area contributed by atoms with E-state index >= 15 is 0 Å². The van der Waals surface area contributed by atoms with Crippen molar-refractivity contribution in [3.63, 3.8) is 0 Å². The molecule has 0 spiro atoms. The highest BCUT2D eigenvalue weighted by Crippen LogP contribution is 2.51. The smallest absolute Gasteiger partial charge is 0.425 e. The summed E-state index contributed by atoms with van der Waals surface area (Å²) in [5, 5.41) is 10.9. The third-order valence-electron chi connectivity index (χ3n) is 8.87. The van der Waals surface area contributed by atoms with E-state index in [-0.39, 0.29) is 28.7 Å². The monoisotopic (exact) mass is 570 g/mol. The zero-order valence-electron chi connectivity index (χ0n) is 25.9. The molecule has 1 aromatic rings. The summed E-state index contributed by atoms with van der Waals surface area (Å²) in [5.41, 5.74) is -2.30. The lowest BCUT2D eigenvalue weighted by molar-refractivity contribution is -0.0573. The van der Waals surface area contributed by atoms with E-state index < -0.39 is 56.9 Å². The van der Waals surface area contributed by atoms with Crippen LogP contribution in [0.5, 0.6) is 0 Å². The van der Waals surface area contributed by atoms with Crippen molar-refractivity contribution in [2.45, 2.75) is 135 Å². The van der Waals surface area contributed by atoms with Crippen molar-refractivity contribution in [1.29, 1.82) is 0 Å². The summed E-state index contributed by atoms with van der Waals surface area (Å²) in [4.78, 5) is 39.2. The van der Waals surface area contributed by atoms with E-state index in [4.69, 9.17) is 13.9 Å². The fraction of sp³-hybridized carbons (Fsp3) is 0.815. The largest absolute Gasteiger partial charge is 0.443 e. The molecule has 38 heavy (non-hydrogen) atoms. The van der Waals surface area contributed by atoms with Gasteiger partial charge in [-0.05, 0) is 50.9 Å². The third-order valence-corrected chi connectivity index (χ3v) is 19.8. The van der Waals surface area contributed by atoms with Crippen LogP contribution in [0.4, 0.5) is 4.79 Å². The molecular formula is C27H50N2O7Si2. The molecule has 2 rings (SSSR count). The van der Waals surface area contributed by atoms with Gasteiger partial charge >= 0.3 is 11.8 Å². The van der Waals surface area contributed by atoms with Crippen LogP contribution in [0.15, 0.2) is 15.8 Å². The zero-order valence-corrected chi connectivity index (χ0v) is 27.9. The Morgan fingerprint density at radius 3 is 2.03 bits per heavy atom. The van der Waals surface area contributed by atoms with E-state index in [1.54, 1.807) is 20.8 Å². The predicted molar refractivity (Wildman–Crippen MR) is 155 cm³/mol. The number of aryl methyl sites for hydroxylation is 1. The van der Waals surface area contributed by atoms with Gasteiger partial charge in [0.15, 0.2) is 8.32 Å². The van der Waals surface area contributed by atoms with Crippen LogP contribution in [0, 0.1) is 6.92 Å². The van der Waals surface area contributed by atoms with Gasteiger partial charge in [0, 0.05) is 18.2 Å².